The minimum atomic E-state index is -0.581. The van der Waals surface area contributed by atoms with Gasteiger partial charge in [0.15, 0.2) is 0 Å². The molecule has 0 radical (unpaired) electrons. The number of carbonyl (C=O) groups is 1. The van der Waals surface area contributed by atoms with Crippen LogP contribution in [0.2, 0.25) is 5.02 Å². The molecule has 0 spiro atoms. The van der Waals surface area contributed by atoms with Gasteiger partial charge in [0.1, 0.15) is 5.75 Å². The number of halogens is 1. The Kier molecular flexibility index (Phi) is 5.38. The van der Waals surface area contributed by atoms with Crippen molar-refractivity contribution in [1.82, 2.24) is 5.32 Å². The van der Waals surface area contributed by atoms with Crippen LogP contribution in [0, 0.1) is 0 Å². The average molecular weight is 346 g/mol. The second-order valence-electron chi connectivity index (χ2n) is 5.88. The maximum Gasteiger partial charge on any atom is 0.227 e. The number of rotatable bonds is 5. The molecule has 2 N–H and O–H groups in total. The lowest BCUT2D eigenvalue weighted by Crippen LogP contribution is -2.33. The van der Waals surface area contributed by atoms with Gasteiger partial charge in [-0.15, -0.1) is 0 Å². The molecule has 0 bridgehead atoms. The van der Waals surface area contributed by atoms with E-state index >= 15 is 0 Å². The van der Waals surface area contributed by atoms with Gasteiger partial charge in [-0.3, -0.25) is 4.79 Å². The van der Waals surface area contributed by atoms with Gasteiger partial charge in [-0.2, -0.15) is 0 Å². The van der Waals surface area contributed by atoms with E-state index in [-0.39, 0.29) is 11.8 Å². The van der Waals surface area contributed by atoms with E-state index in [9.17, 15) is 9.90 Å². The molecule has 2 aromatic rings. The van der Waals surface area contributed by atoms with Crippen LogP contribution in [-0.2, 0) is 4.79 Å². The number of benzene rings is 2. The highest BCUT2D eigenvalue weighted by Crippen LogP contribution is 2.35. The number of amides is 1. The van der Waals surface area contributed by atoms with E-state index in [1.54, 1.807) is 18.2 Å². The molecule has 2 aromatic carbocycles. The van der Waals surface area contributed by atoms with E-state index < -0.39 is 6.10 Å². The highest BCUT2D eigenvalue weighted by atomic mass is 35.5. The standard InChI is InChI=1S/C19H20ClNO3/c20-14-6-7-18-16(12-14)15(9-11-24-18)19(23)21-10-8-17(22)13-4-2-1-3-5-13/h1-7,12,15,17,22H,8-11H2,(H,21,23)/t15-,17+/m1/s1. The molecule has 126 valence electrons. The van der Waals surface area contributed by atoms with Crippen molar-refractivity contribution in [2.24, 2.45) is 0 Å². The maximum atomic E-state index is 12.5. The van der Waals surface area contributed by atoms with Gasteiger partial charge in [0.25, 0.3) is 0 Å². The number of hydrogen-bond acceptors (Lipinski definition) is 3. The normalized spacial score (nSPS) is 17.5. The van der Waals surface area contributed by atoms with Crippen molar-refractivity contribution in [2.45, 2.75) is 24.9 Å². The van der Waals surface area contributed by atoms with Crippen molar-refractivity contribution in [3.05, 3.63) is 64.7 Å². The van der Waals surface area contributed by atoms with Crippen molar-refractivity contribution in [3.8, 4) is 5.75 Å². The Hall–Kier alpha value is -2.04. The van der Waals surface area contributed by atoms with Crippen LogP contribution in [0.5, 0.6) is 5.75 Å². The molecule has 4 nitrogen and oxygen atoms in total. The van der Waals surface area contributed by atoms with E-state index in [0.717, 1.165) is 16.9 Å². The van der Waals surface area contributed by atoms with Crippen LogP contribution >= 0.6 is 11.6 Å². The number of aliphatic hydroxyl groups is 1. The quantitative estimate of drug-likeness (QED) is 0.872. The van der Waals surface area contributed by atoms with Gasteiger partial charge in [0, 0.05) is 17.1 Å². The zero-order valence-electron chi connectivity index (χ0n) is 13.2. The van der Waals surface area contributed by atoms with Crippen molar-refractivity contribution in [3.63, 3.8) is 0 Å². The monoisotopic (exact) mass is 345 g/mol. The molecule has 1 heterocycles. The molecule has 0 aromatic heterocycles. The summed E-state index contributed by atoms with van der Waals surface area (Å²) in [6.45, 7) is 0.932. The fraction of sp³-hybridized carbons (Fsp3) is 0.316. The molecular weight excluding hydrogens is 326 g/mol. The summed E-state index contributed by atoms with van der Waals surface area (Å²) in [5.41, 5.74) is 1.69. The van der Waals surface area contributed by atoms with Gasteiger partial charge in [-0.05, 0) is 36.6 Å². The second kappa shape index (κ2) is 7.69. The first-order valence-corrected chi connectivity index (χ1v) is 8.46. The fourth-order valence-corrected chi connectivity index (χ4v) is 3.12. The van der Waals surface area contributed by atoms with Gasteiger partial charge in [-0.1, -0.05) is 41.9 Å². The predicted molar refractivity (Wildman–Crippen MR) is 93.3 cm³/mol. The molecule has 0 unspecified atom stereocenters. The first-order valence-electron chi connectivity index (χ1n) is 8.08. The van der Waals surface area contributed by atoms with Crippen LogP contribution in [0.25, 0.3) is 0 Å². The highest BCUT2D eigenvalue weighted by molar-refractivity contribution is 6.30. The first kappa shape index (κ1) is 16.8. The molecule has 0 aliphatic carbocycles. The smallest absolute Gasteiger partial charge is 0.227 e. The van der Waals surface area contributed by atoms with Gasteiger partial charge < -0.3 is 15.2 Å². The number of hydrogen-bond donors (Lipinski definition) is 2. The molecule has 3 rings (SSSR count). The zero-order chi connectivity index (χ0) is 16.9. The third-order valence-corrected chi connectivity index (χ3v) is 4.46. The third-order valence-electron chi connectivity index (χ3n) is 4.23. The van der Waals surface area contributed by atoms with Crippen molar-refractivity contribution in [2.75, 3.05) is 13.2 Å². The van der Waals surface area contributed by atoms with Crippen LogP contribution in [0.15, 0.2) is 48.5 Å². The zero-order valence-corrected chi connectivity index (χ0v) is 14.0. The Morgan fingerprint density at radius 3 is 2.88 bits per heavy atom. The number of aliphatic hydroxyl groups excluding tert-OH is 1. The molecule has 5 heteroatoms. The summed E-state index contributed by atoms with van der Waals surface area (Å²) in [7, 11) is 0. The van der Waals surface area contributed by atoms with Gasteiger partial charge >= 0.3 is 0 Å². The number of fused-ring (bicyclic) bond motifs is 1. The Labute approximate surface area is 146 Å². The summed E-state index contributed by atoms with van der Waals surface area (Å²) >= 11 is 6.04. The Bertz CT molecular complexity index is 705. The topological polar surface area (TPSA) is 58.6 Å². The third kappa shape index (κ3) is 3.89. The maximum absolute atomic E-state index is 12.5. The highest BCUT2D eigenvalue weighted by Gasteiger charge is 2.27. The average Bonchev–Trinajstić information content (AvgIpc) is 2.61. The van der Waals surface area contributed by atoms with Crippen molar-refractivity contribution < 1.29 is 14.6 Å². The minimum absolute atomic E-state index is 0.0536. The lowest BCUT2D eigenvalue weighted by Gasteiger charge is -2.25. The van der Waals surface area contributed by atoms with Gasteiger partial charge in [0.05, 0.1) is 18.6 Å². The number of ether oxygens (including phenoxy) is 1. The first-order chi connectivity index (χ1) is 11.6. The molecular formula is C19H20ClNO3. The fourth-order valence-electron chi connectivity index (χ4n) is 2.93. The summed E-state index contributed by atoms with van der Waals surface area (Å²) in [6.07, 6.45) is 0.518. The molecule has 2 atom stereocenters. The lowest BCUT2D eigenvalue weighted by atomic mass is 9.92. The Morgan fingerprint density at radius 2 is 2.08 bits per heavy atom. The van der Waals surface area contributed by atoms with E-state index in [4.69, 9.17) is 16.3 Å². The SMILES string of the molecule is O=C(NCC[C@H](O)c1ccccc1)[C@@H]1CCOc2ccc(Cl)cc21. The summed E-state index contributed by atoms with van der Waals surface area (Å²) < 4.78 is 5.58. The number of nitrogens with one attached hydrogen (secondary N) is 1. The van der Waals surface area contributed by atoms with Gasteiger partial charge in [-0.25, -0.2) is 0 Å². The minimum Gasteiger partial charge on any atom is -0.493 e. The molecule has 1 aliphatic rings. The summed E-state index contributed by atoms with van der Waals surface area (Å²) in [4.78, 5) is 12.5. The summed E-state index contributed by atoms with van der Waals surface area (Å²) in [5, 5.41) is 13.7. The van der Waals surface area contributed by atoms with E-state index in [1.165, 1.54) is 0 Å². The predicted octanol–water partition coefficient (Wildman–Crippen LogP) is 3.45. The molecule has 0 saturated heterocycles. The molecule has 1 aliphatic heterocycles. The summed E-state index contributed by atoms with van der Waals surface area (Å²) in [6, 6.07) is 14.8. The van der Waals surface area contributed by atoms with Crippen LogP contribution in [-0.4, -0.2) is 24.2 Å². The molecule has 24 heavy (non-hydrogen) atoms. The largest absolute Gasteiger partial charge is 0.493 e. The van der Waals surface area contributed by atoms with E-state index in [1.807, 2.05) is 30.3 Å². The molecule has 1 amide bonds. The Balaban J connectivity index is 1.58. The van der Waals surface area contributed by atoms with E-state index in [2.05, 4.69) is 5.32 Å². The number of carbonyl (C=O) groups excluding carboxylic acids is 1. The van der Waals surface area contributed by atoms with Crippen LogP contribution in [0.3, 0.4) is 0 Å². The van der Waals surface area contributed by atoms with Crippen LogP contribution in [0.4, 0.5) is 0 Å². The van der Waals surface area contributed by atoms with Crippen molar-refractivity contribution >= 4 is 17.5 Å². The molecule has 0 fully saturated rings. The van der Waals surface area contributed by atoms with E-state index in [0.29, 0.717) is 31.0 Å². The van der Waals surface area contributed by atoms with Crippen LogP contribution in [0.1, 0.15) is 36.0 Å². The summed E-state index contributed by atoms with van der Waals surface area (Å²) in [5.74, 6) is 0.401. The Morgan fingerprint density at radius 1 is 1.29 bits per heavy atom. The lowest BCUT2D eigenvalue weighted by molar-refractivity contribution is -0.123. The van der Waals surface area contributed by atoms with Gasteiger partial charge in [0.2, 0.25) is 5.91 Å². The molecule has 0 saturated carbocycles. The van der Waals surface area contributed by atoms with Crippen LogP contribution < -0.4 is 10.1 Å². The van der Waals surface area contributed by atoms with Crippen molar-refractivity contribution in [1.29, 1.82) is 0 Å². The second-order valence-corrected chi connectivity index (χ2v) is 6.31.